The average Bonchev–Trinajstić information content (AvgIpc) is 2.90. The lowest BCUT2D eigenvalue weighted by molar-refractivity contribution is 0.0162. The molecule has 1 amide bonds. The Morgan fingerprint density at radius 3 is 2.44 bits per heavy atom. The van der Waals surface area contributed by atoms with Gasteiger partial charge in [-0.25, -0.2) is 0 Å². The van der Waals surface area contributed by atoms with E-state index in [2.05, 4.69) is 52.5 Å². The van der Waals surface area contributed by atoms with Gasteiger partial charge in [-0.2, -0.15) is 0 Å². The third-order valence-corrected chi connectivity index (χ3v) is 7.04. The first-order valence-electron chi connectivity index (χ1n) is 12.3. The van der Waals surface area contributed by atoms with Crippen molar-refractivity contribution in [3.8, 4) is 11.1 Å². The smallest absolute Gasteiger partial charge is 0.251 e. The second kappa shape index (κ2) is 10.4. The molecule has 2 heterocycles. The van der Waals surface area contributed by atoms with Crippen LogP contribution in [0.3, 0.4) is 0 Å². The van der Waals surface area contributed by atoms with Crippen LogP contribution < -0.4 is 10.2 Å². The van der Waals surface area contributed by atoms with Crippen LogP contribution in [0.25, 0.3) is 11.1 Å². The van der Waals surface area contributed by atoms with E-state index in [0.717, 1.165) is 50.4 Å². The van der Waals surface area contributed by atoms with E-state index >= 15 is 0 Å². The van der Waals surface area contributed by atoms with E-state index in [9.17, 15) is 4.79 Å². The normalized spacial score (nSPS) is 17.1. The number of carbonyl (C=O) groups is 1. The molecule has 0 aromatic heterocycles. The van der Waals surface area contributed by atoms with E-state index in [4.69, 9.17) is 4.74 Å². The Morgan fingerprint density at radius 2 is 1.68 bits per heavy atom. The van der Waals surface area contributed by atoms with Crippen molar-refractivity contribution < 1.29 is 9.53 Å². The first-order chi connectivity index (χ1) is 16.7. The number of anilines is 1. The number of hydrogen-bond acceptors (Lipinski definition) is 4. The minimum absolute atomic E-state index is 0.0319. The van der Waals surface area contributed by atoms with Gasteiger partial charge in [-0.15, -0.1) is 0 Å². The molecule has 5 nitrogen and oxygen atoms in total. The molecule has 1 atom stereocenters. The highest BCUT2D eigenvalue weighted by molar-refractivity contribution is 5.94. The molecule has 2 aliphatic rings. The number of benzene rings is 3. The monoisotopic (exact) mass is 455 g/mol. The molecule has 1 fully saturated rings. The minimum Gasteiger partial charge on any atom is -0.379 e. The fourth-order valence-corrected chi connectivity index (χ4v) is 5.10. The van der Waals surface area contributed by atoms with Gasteiger partial charge in [-0.05, 0) is 53.3 Å². The Balaban J connectivity index is 1.31. The van der Waals surface area contributed by atoms with Gasteiger partial charge in [-0.1, -0.05) is 54.6 Å². The van der Waals surface area contributed by atoms with Gasteiger partial charge in [0.25, 0.3) is 5.91 Å². The SMILES string of the molecule is CN1CCCc2cc([C@H](CNC(=O)c3ccc(-c4ccccc4)cc3)N3CCOCC3)ccc21. The number of fused-ring (bicyclic) bond motifs is 1. The van der Waals surface area contributed by atoms with E-state index in [1.165, 1.54) is 23.2 Å². The predicted octanol–water partition coefficient (Wildman–Crippen LogP) is 4.54. The second-order valence-electron chi connectivity index (χ2n) is 9.23. The number of aryl methyl sites for hydroxylation is 1. The lowest BCUT2D eigenvalue weighted by Gasteiger charge is -2.36. The number of nitrogens with one attached hydrogen (secondary N) is 1. The van der Waals surface area contributed by atoms with Crippen LogP contribution in [-0.2, 0) is 11.2 Å². The van der Waals surface area contributed by atoms with Crippen LogP contribution in [0.1, 0.15) is 33.9 Å². The van der Waals surface area contributed by atoms with Crippen molar-refractivity contribution in [1.82, 2.24) is 10.2 Å². The van der Waals surface area contributed by atoms with E-state index in [1.54, 1.807) is 0 Å². The molecule has 0 saturated carbocycles. The van der Waals surface area contributed by atoms with Gasteiger partial charge in [0, 0.05) is 44.5 Å². The molecule has 176 valence electrons. The van der Waals surface area contributed by atoms with Gasteiger partial charge in [0.05, 0.1) is 19.3 Å². The van der Waals surface area contributed by atoms with Gasteiger partial charge in [-0.3, -0.25) is 9.69 Å². The van der Waals surface area contributed by atoms with Crippen molar-refractivity contribution in [1.29, 1.82) is 0 Å². The summed E-state index contributed by atoms with van der Waals surface area (Å²) < 4.78 is 5.60. The molecule has 0 unspecified atom stereocenters. The topological polar surface area (TPSA) is 44.8 Å². The summed E-state index contributed by atoms with van der Waals surface area (Å²) in [4.78, 5) is 17.8. The van der Waals surface area contributed by atoms with Crippen molar-refractivity contribution in [3.63, 3.8) is 0 Å². The lowest BCUT2D eigenvalue weighted by atomic mass is 9.95. The summed E-state index contributed by atoms with van der Waals surface area (Å²) in [6.07, 6.45) is 2.30. The summed E-state index contributed by atoms with van der Waals surface area (Å²) in [7, 11) is 2.17. The summed E-state index contributed by atoms with van der Waals surface area (Å²) in [6, 6.07) is 25.1. The molecule has 0 spiro atoms. The van der Waals surface area contributed by atoms with E-state index in [1.807, 2.05) is 42.5 Å². The molecular weight excluding hydrogens is 422 g/mol. The van der Waals surface area contributed by atoms with Gasteiger partial charge < -0.3 is 15.0 Å². The molecule has 3 aromatic rings. The van der Waals surface area contributed by atoms with Crippen molar-refractivity contribution in [3.05, 3.63) is 89.5 Å². The summed E-state index contributed by atoms with van der Waals surface area (Å²) in [6.45, 7) is 4.91. The Bertz CT molecular complexity index is 1110. The van der Waals surface area contributed by atoms with Crippen LogP contribution in [0.2, 0.25) is 0 Å². The van der Waals surface area contributed by atoms with E-state index in [0.29, 0.717) is 12.1 Å². The molecule has 0 aliphatic carbocycles. The first-order valence-corrected chi connectivity index (χ1v) is 12.3. The molecule has 0 bridgehead atoms. The molecule has 5 heteroatoms. The minimum atomic E-state index is -0.0319. The molecule has 34 heavy (non-hydrogen) atoms. The first kappa shape index (κ1) is 22.6. The van der Waals surface area contributed by atoms with Crippen LogP contribution in [0.4, 0.5) is 5.69 Å². The Hall–Kier alpha value is -3.15. The Kier molecular flexibility index (Phi) is 6.93. The van der Waals surface area contributed by atoms with E-state index in [-0.39, 0.29) is 11.9 Å². The van der Waals surface area contributed by atoms with Crippen LogP contribution in [0, 0.1) is 0 Å². The van der Waals surface area contributed by atoms with Gasteiger partial charge in [0.1, 0.15) is 0 Å². The van der Waals surface area contributed by atoms with Crippen molar-refractivity contribution in [2.75, 3.05) is 51.3 Å². The zero-order valence-electron chi connectivity index (χ0n) is 19.9. The van der Waals surface area contributed by atoms with Crippen LogP contribution in [0.15, 0.2) is 72.8 Å². The lowest BCUT2D eigenvalue weighted by Crippen LogP contribution is -2.44. The fourth-order valence-electron chi connectivity index (χ4n) is 5.10. The number of carbonyl (C=O) groups excluding carboxylic acids is 1. The molecule has 1 N–H and O–H groups in total. The third-order valence-electron chi connectivity index (χ3n) is 7.04. The molecule has 2 aliphatic heterocycles. The third kappa shape index (κ3) is 5.01. The summed E-state index contributed by atoms with van der Waals surface area (Å²) in [5, 5.41) is 3.21. The molecule has 1 saturated heterocycles. The van der Waals surface area contributed by atoms with Crippen molar-refractivity contribution >= 4 is 11.6 Å². The largest absolute Gasteiger partial charge is 0.379 e. The molecule has 5 rings (SSSR count). The zero-order valence-corrected chi connectivity index (χ0v) is 19.9. The number of morpholine rings is 1. The van der Waals surface area contributed by atoms with Gasteiger partial charge in [0.2, 0.25) is 0 Å². The van der Waals surface area contributed by atoms with Gasteiger partial charge in [0.15, 0.2) is 0 Å². The second-order valence-corrected chi connectivity index (χ2v) is 9.23. The van der Waals surface area contributed by atoms with Crippen molar-refractivity contribution in [2.24, 2.45) is 0 Å². The molecule has 3 aromatic carbocycles. The highest BCUT2D eigenvalue weighted by Crippen LogP contribution is 2.31. The number of nitrogens with zero attached hydrogens (tertiary/aromatic N) is 2. The maximum absolute atomic E-state index is 13.0. The summed E-state index contributed by atoms with van der Waals surface area (Å²) in [5.41, 5.74) is 6.97. The summed E-state index contributed by atoms with van der Waals surface area (Å²) in [5.74, 6) is -0.0319. The zero-order chi connectivity index (χ0) is 23.3. The number of rotatable bonds is 6. The predicted molar refractivity (Wildman–Crippen MR) is 137 cm³/mol. The van der Waals surface area contributed by atoms with Crippen LogP contribution >= 0.6 is 0 Å². The Labute approximate surface area is 202 Å². The van der Waals surface area contributed by atoms with Crippen molar-refractivity contribution in [2.45, 2.75) is 18.9 Å². The number of amides is 1. The highest BCUT2D eigenvalue weighted by atomic mass is 16.5. The maximum Gasteiger partial charge on any atom is 0.251 e. The standard InChI is InChI=1S/C29H33N3O2/c1-31-15-5-8-25-20-26(13-14-27(25)31)28(32-16-18-34-19-17-32)21-30-29(33)24-11-9-23(10-12-24)22-6-3-2-4-7-22/h2-4,6-7,9-14,20,28H,5,8,15-19,21H2,1H3,(H,30,33)/t28-/m0/s1. The van der Waals surface area contributed by atoms with E-state index < -0.39 is 0 Å². The number of ether oxygens (including phenoxy) is 1. The highest BCUT2D eigenvalue weighted by Gasteiger charge is 2.25. The van der Waals surface area contributed by atoms with Crippen LogP contribution in [-0.4, -0.2) is 57.2 Å². The summed E-state index contributed by atoms with van der Waals surface area (Å²) >= 11 is 0. The quantitative estimate of drug-likeness (QED) is 0.593. The average molecular weight is 456 g/mol. The fraction of sp³-hybridized carbons (Fsp3) is 0.345. The van der Waals surface area contributed by atoms with Gasteiger partial charge >= 0.3 is 0 Å². The molecular formula is C29H33N3O2. The van der Waals surface area contributed by atoms with Crippen LogP contribution in [0.5, 0.6) is 0 Å². The number of hydrogen-bond donors (Lipinski definition) is 1. The molecule has 0 radical (unpaired) electrons. The Morgan fingerprint density at radius 1 is 0.941 bits per heavy atom. The maximum atomic E-state index is 13.0.